The summed E-state index contributed by atoms with van der Waals surface area (Å²) < 4.78 is 37.8. The summed E-state index contributed by atoms with van der Waals surface area (Å²) in [5.41, 5.74) is 9.39. The quantitative estimate of drug-likeness (QED) is 0.206. The lowest BCUT2D eigenvalue weighted by molar-refractivity contribution is 0.226. The second-order valence-corrected chi connectivity index (χ2v) is 14.2. The molecule has 0 atom stereocenters. The van der Waals surface area contributed by atoms with Crippen LogP contribution in [0.2, 0.25) is 0 Å². The predicted octanol–water partition coefficient (Wildman–Crippen LogP) is 7.89. The number of halogens is 2. The number of hydrogen-bond acceptors (Lipinski definition) is 7. The molecule has 0 radical (unpaired) electrons. The van der Waals surface area contributed by atoms with Crippen molar-refractivity contribution in [3.05, 3.63) is 102 Å². The first-order valence-corrected chi connectivity index (χ1v) is 18.0. The molecule has 0 amide bonds. The van der Waals surface area contributed by atoms with Crippen molar-refractivity contribution in [2.24, 2.45) is 13.0 Å². The Morgan fingerprint density at radius 3 is 2.51 bits per heavy atom. The monoisotopic (exact) mass is 690 g/mol. The van der Waals surface area contributed by atoms with Crippen LogP contribution >= 0.6 is 0 Å². The van der Waals surface area contributed by atoms with Crippen molar-refractivity contribution < 1.29 is 13.5 Å². The standard InChI is InChI=1S/C40H44F2N8O/c1-25-16-30-17-37(44-25)35-22-43-47(4)39(35)51-15-7-5-6-12-50-38-18-29(8-9-36(38)46-40(50)45-26(30)2)28-10-13-48(14-11-28)27(3)31-23-49(24-31)34-20-32(41)19-33(42)21-34/h8-9,16-22,28,31H,2-3,5-7,10-15,23-24H2,1,4H3,(H,45,46). The maximum Gasteiger partial charge on any atom is 0.221 e. The summed E-state index contributed by atoms with van der Waals surface area (Å²) in [6.07, 6.45) is 6.81. The van der Waals surface area contributed by atoms with Crippen LogP contribution in [0.3, 0.4) is 0 Å². The Hall–Kier alpha value is -5.19. The number of likely N-dealkylation sites (tertiary alicyclic amines) is 1. The topological polar surface area (TPSA) is 76.3 Å². The molecule has 0 saturated carbocycles. The molecule has 9 nitrogen and oxygen atoms in total. The van der Waals surface area contributed by atoms with Gasteiger partial charge in [-0.3, -0.25) is 4.98 Å². The maximum absolute atomic E-state index is 13.7. The number of fused-ring (bicyclic) bond motifs is 7. The first-order chi connectivity index (χ1) is 24.7. The average molecular weight is 691 g/mol. The van der Waals surface area contributed by atoms with E-state index in [1.54, 1.807) is 4.68 Å². The van der Waals surface area contributed by atoms with E-state index >= 15 is 0 Å². The predicted molar refractivity (Wildman–Crippen MR) is 198 cm³/mol. The second-order valence-electron chi connectivity index (χ2n) is 14.2. The normalized spacial score (nSPS) is 17.5. The molecular weight excluding hydrogens is 646 g/mol. The van der Waals surface area contributed by atoms with Crippen molar-refractivity contribution in [1.82, 2.24) is 29.2 Å². The molecule has 1 N–H and O–H groups in total. The molecule has 51 heavy (non-hydrogen) atoms. The lowest BCUT2D eigenvalue weighted by Crippen LogP contribution is -2.51. The summed E-state index contributed by atoms with van der Waals surface area (Å²) in [5.74, 6) is 1.16. The molecule has 2 aromatic carbocycles. The molecule has 0 aliphatic carbocycles. The van der Waals surface area contributed by atoms with E-state index in [0.29, 0.717) is 24.1 Å². The summed E-state index contributed by atoms with van der Waals surface area (Å²) in [7, 11) is 1.90. The minimum absolute atomic E-state index is 0.291. The van der Waals surface area contributed by atoms with Crippen LogP contribution in [0.15, 0.2) is 73.6 Å². The van der Waals surface area contributed by atoms with Gasteiger partial charge in [0.25, 0.3) is 0 Å². The molecule has 0 spiro atoms. The third kappa shape index (κ3) is 6.57. The number of anilines is 2. The van der Waals surface area contributed by atoms with E-state index in [-0.39, 0.29) is 0 Å². The number of imidazole rings is 1. The molecule has 264 valence electrons. The molecule has 2 saturated heterocycles. The SMILES string of the molecule is C=C1Nc2nc3ccc(C4CCN(C(=C)C5CN(c6cc(F)cc(F)c6)C5)CC4)cc3n2CCCCCOc2c(cnn2C)-c2cc1cc(C)n2. The highest BCUT2D eigenvalue weighted by Crippen LogP contribution is 2.37. The van der Waals surface area contributed by atoms with Gasteiger partial charge in [0.05, 0.1) is 35.1 Å². The first-order valence-electron chi connectivity index (χ1n) is 18.0. The van der Waals surface area contributed by atoms with Gasteiger partial charge in [0.15, 0.2) is 0 Å². The number of aryl methyl sites for hydroxylation is 3. The Morgan fingerprint density at radius 1 is 0.941 bits per heavy atom. The van der Waals surface area contributed by atoms with Crippen LogP contribution in [0.25, 0.3) is 28.0 Å². The van der Waals surface area contributed by atoms with Gasteiger partial charge in [-0.1, -0.05) is 19.2 Å². The molecule has 11 heteroatoms. The maximum atomic E-state index is 13.7. The Morgan fingerprint density at radius 2 is 1.73 bits per heavy atom. The molecule has 3 aromatic heterocycles. The van der Waals surface area contributed by atoms with Gasteiger partial charge in [0.2, 0.25) is 11.8 Å². The van der Waals surface area contributed by atoms with Gasteiger partial charge in [-0.05, 0) is 86.9 Å². The summed E-state index contributed by atoms with van der Waals surface area (Å²) in [6, 6.07) is 14.5. The number of benzene rings is 2. The van der Waals surface area contributed by atoms with Gasteiger partial charge >= 0.3 is 0 Å². The van der Waals surface area contributed by atoms with E-state index in [1.807, 2.05) is 37.2 Å². The number of hydrogen-bond donors (Lipinski definition) is 1. The van der Waals surface area contributed by atoms with Crippen LogP contribution in [0, 0.1) is 24.5 Å². The summed E-state index contributed by atoms with van der Waals surface area (Å²) in [5, 5.41) is 8.02. The van der Waals surface area contributed by atoms with Crippen LogP contribution in [-0.2, 0) is 13.6 Å². The Balaban J connectivity index is 0.979. The van der Waals surface area contributed by atoms with E-state index in [9.17, 15) is 8.78 Å². The summed E-state index contributed by atoms with van der Waals surface area (Å²) in [4.78, 5) is 14.3. The van der Waals surface area contributed by atoms with Crippen LogP contribution < -0.4 is 15.0 Å². The number of aromatic nitrogens is 5. The molecule has 3 aliphatic heterocycles. The van der Waals surface area contributed by atoms with Crippen LogP contribution in [-0.4, -0.2) is 62.0 Å². The fourth-order valence-electron chi connectivity index (χ4n) is 7.77. The zero-order valence-corrected chi connectivity index (χ0v) is 29.3. The lowest BCUT2D eigenvalue weighted by atomic mass is 9.87. The Bertz CT molecular complexity index is 2100. The number of ether oxygens (including phenoxy) is 1. The molecule has 3 aliphatic rings. The summed E-state index contributed by atoms with van der Waals surface area (Å²) >= 11 is 0. The van der Waals surface area contributed by atoms with E-state index < -0.39 is 11.6 Å². The molecule has 0 unspecified atom stereocenters. The van der Waals surface area contributed by atoms with Crippen molar-refractivity contribution in [3.8, 4) is 17.1 Å². The van der Waals surface area contributed by atoms with E-state index in [0.717, 1.165) is 128 Å². The van der Waals surface area contributed by atoms with E-state index in [1.165, 1.54) is 17.7 Å². The largest absolute Gasteiger partial charge is 0.477 e. The van der Waals surface area contributed by atoms with Gasteiger partial charge in [0.1, 0.15) is 11.6 Å². The fourth-order valence-corrected chi connectivity index (χ4v) is 7.77. The number of rotatable bonds is 4. The average Bonchev–Trinajstić information content (AvgIpc) is 3.63. The molecule has 6 heterocycles. The minimum Gasteiger partial charge on any atom is -0.477 e. The van der Waals surface area contributed by atoms with Crippen molar-refractivity contribution in [2.45, 2.75) is 51.5 Å². The van der Waals surface area contributed by atoms with Gasteiger partial charge in [-0.25, -0.2) is 18.4 Å². The lowest BCUT2D eigenvalue weighted by Gasteiger charge is -2.46. The highest BCUT2D eigenvalue weighted by molar-refractivity contribution is 5.83. The third-order valence-corrected chi connectivity index (χ3v) is 10.7. The second kappa shape index (κ2) is 13.5. The van der Waals surface area contributed by atoms with Crippen LogP contribution in [0.5, 0.6) is 5.88 Å². The van der Waals surface area contributed by atoms with Crippen molar-refractivity contribution in [1.29, 1.82) is 0 Å². The smallest absolute Gasteiger partial charge is 0.221 e. The molecule has 8 rings (SSSR count). The number of piperidine rings is 1. The minimum atomic E-state index is -0.544. The van der Waals surface area contributed by atoms with Gasteiger partial charge in [-0.15, -0.1) is 0 Å². The zero-order valence-electron chi connectivity index (χ0n) is 29.3. The molecular formula is C40H44F2N8O. The van der Waals surface area contributed by atoms with Crippen molar-refractivity contribution in [3.63, 3.8) is 0 Å². The Kier molecular flexibility index (Phi) is 8.73. The van der Waals surface area contributed by atoms with Crippen LogP contribution in [0.4, 0.5) is 20.4 Å². The molecule has 2 fully saturated rings. The molecule has 5 aromatic rings. The van der Waals surface area contributed by atoms with Gasteiger partial charge in [-0.2, -0.15) is 5.10 Å². The van der Waals surface area contributed by atoms with E-state index in [2.05, 4.69) is 51.2 Å². The highest BCUT2D eigenvalue weighted by atomic mass is 19.1. The number of pyridine rings is 1. The summed E-state index contributed by atoms with van der Waals surface area (Å²) in [6.45, 7) is 15.6. The fraction of sp³-hybridized carbons (Fsp3) is 0.375. The number of nitrogens with one attached hydrogen (secondary N) is 1. The third-order valence-electron chi connectivity index (χ3n) is 10.7. The van der Waals surface area contributed by atoms with Gasteiger partial charge in [0, 0.05) is 80.1 Å². The van der Waals surface area contributed by atoms with E-state index in [4.69, 9.17) is 14.7 Å². The van der Waals surface area contributed by atoms with Crippen molar-refractivity contribution in [2.75, 3.05) is 43.0 Å². The Labute approximate surface area is 297 Å². The zero-order chi connectivity index (χ0) is 35.2. The van der Waals surface area contributed by atoms with Gasteiger partial charge < -0.3 is 24.4 Å². The highest BCUT2D eigenvalue weighted by Gasteiger charge is 2.33. The van der Waals surface area contributed by atoms with Crippen LogP contribution in [0.1, 0.15) is 54.8 Å². The first kappa shape index (κ1) is 33.0. The van der Waals surface area contributed by atoms with Crippen molar-refractivity contribution >= 4 is 28.4 Å². The number of nitrogens with zero attached hydrogens (tertiary/aromatic N) is 7. The molecule has 2 bridgehead atoms.